The van der Waals surface area contributed by atoms with Gasteiger partial charge < -0.3 is 9.94 Å². The van der Waals surface area contributed by atoms with Gasteiger partial charge in [0.05, 0.1) is 19.2 Å². The zero-order chi connectivity index (χ0) is 18.9. The molecule has 0 aliphatic carbocycles. The van der Waals surface area contributed by atoms with Crippen LogP contribution in [0.4, 0.5) is 0 Å². The molecule has 0 aliphatic heterocycles. The Morgan fingerprint density at radius 1 is 0.889 bits per heavy atom. The molecule has 0 saturated carbocycles. The first-order chi connectivity index (χ1) is 13.3. The molecule has 0 saturated heterocycles. The van der Waals surface area contributed by atoms with Crippen LogP contribution in [0.15, 0.2) is 77.7 Å². The van der Waals surface area contributed by atoms with Crippen molar-refractivity contribution in [1.82, 2.24) is 5.48 Å². The van der Waals surface area contributed by atoms with E-state index in [0.717, 1.165) is 32.9 Å². The highest BCUT2D eigenvalue weighted by molar-refractivity contribution is 7.94. The summed E-state index contributed by atoms with van der Waals surface area (Å²) < 4.78 is 10.7. The molecule has 0 fully saturated rings. The van der Waals surface area contributed by atoms with E-state index in [9.17, 15) is 0 Å². The number of hydrogen-bond acceptors (Lipinski definition) is 6. The van der Waals surface area contributed by atoms with Crippen LogP contribution >= 0.6 is 12.0 Å². The predicted octanol–water partition coefficient (Wildman–Crippen LogP) is 5.00. The van der Waals surface area contributed by atoms with Gasteiger partial charge in [0.1, 0.15) is 12.4 Å². The zero-order valence-electron chi connectivity index (χ0n) is 14.9. The lowest BCUT2D eigenvalue weighted by Crippen LogP contribution is -2.05. The maximum Gasteiger partial charge on any atom is 0.119 e. The Labute approximate surface area is 163 Å². The van der Waals surface area contributed by atoms with E-state index in [2.05, 4.69) is 34.6 Å². The third kappa shape index (κ3) is 5.82. The van der Waals surface area contributed by atoms with Gasteiger partial charge in [0.2, 0.25) is 0 Å². The molecule has 0 aromatic heterocycles. The highest BCUT2D eigenvalue weighted by Crippen LogP contribution is 2.26. The largest absolute Gasteiger partial charge is 0.489 e. The second-order valence-electron chi connectivity index (χ2n) is 5.81. The van der Waals surface area contributed by atoms with Crippen molar-refractivity contribution >= 4 is 12.0 Å². The molecule has 3 aromatic carbocycles. The van der Waals surface area contributed by atoms with E-state index < -0.39 is 0 Å². The first kappa shape index (κ1) is 19.4. The van der Waals surface area contributed by atoms with Gasteiger partial charge in [-0.3, -0.25) is 0 Å². The molecule has 0 unspecified atom stereocenters. The summed E-state index contributed by atoms with van der Waals surface area (Å²) in [7, 11) is 1.48. The van der Waals surface area contributed by atoms with Gasteiger partial charge in [0.25, 0.3) is 0 Å². The van der Waals surface area contributed by atoms with Crippen LogP contribution in [-0.4, -0.2) is 12.3 Å². The molecule has 140 valence electrons. The predicted molar refractivity (Wildman–Crippen MR) is 105 cm³/mol. The SMILES string of the molecule is COOSc1ccc(-c2cccc(COc3ccc(CNO)cc3)c2)cc1. The van der Waals surface area contributed by atoms with Crippen molar-refractivity contribution in [2.75, 3.05) is 7.11 Å². The van der Waals surface area contributed by atoms with Crippen molar-refractivity contribution in [1.29, 1.82) is 0 Å². The van der Waals surface area contributed by atoms with E-state index in [1.165, 1.54) is 19.2 Å². The molecule has 0 heterocycles. The topological polar surface area (TPSA) is 60.0 Å². The molecule has 6 heteroatoms. The van der Waals surface area contributed by atoms with E-state index >= 15 is 0 Å². The summed E-state index contributed by atoms with van der Waals surface area (Å²) in [6, 6.07) is 24.0. The van der Waals surface area contributed by atoms with Crippen molar-refractivity contribution in [2.24, 2.45) is 0 Å². The van der Waals surface area contributed by atoms with Crippen molar-refractivity contribution in [3.8, 4) is 16.9 Å². The number of rotatable bonds is 9. The van der Waals surface area contributed by atoms with Gasteiger partial charge >= 0.3 is 0 Å². The lowest BCUT2D eigenvalue weighted by Gasteiger charge is -2.09. The summed E-state index contributed by atoms with van der Waals surface area (Å²) in [5, 5.41) is 8.72. The summed E-state index contributed by atoms with van der Waals surface area (Å²) >= 11 is 1.18. The van der Waals surface area contributed by atoms with Crippen LogP contribution in [0.1, 0.15) is 11.1 Å². The number of ether oxygens (including phenoxy) is 1. The molecule has 0 bridgehead atoms. The van der Waals surface area contributed by atoms with Gasteiger partial charge in [-0.1, -0.05) is 42.5 Å². The lowest BCUT2D eigenvalue weighted by molar-refractivity contribution is -0.160. The monoisotopic (exact) mass is 383 g/mol. The summed E-state index contributed by atoms with van der Waals surface area (Å²) in [4.78, 5) is 5.57. The number of nitrogens with one attached hydrogen (secondary N) is 1. The van der Waals surface area contributed by atoms with Crippen LogP contribution in [0.3, 0.4) is 0 Å². The summed E-state index contributed by atoms with van der Waals surface area (Å²) in [6.07, 6.45) is 0. The summed E-state index contributed by atoms with van der Waals surface area (Å²) in [5.41, 5.74) is 6.48. The maximum atomic E-state index is 8.72. The Hall–Kier alpha value is -2.35. The molecule has 0 atom stereocenters. The van der Waals surface area contributed by atoms with Crippen molar-refractivity contribution < 1.29 is 19.2 Å². The highest BCUT2D eigenvalue weighted by atomic mass is 32.2. The van der Waals surface area contributed by atoms with Gasteiger partial charge in [-0.25, -0.2) is 10.4 Å². The lowest BCUT2D eigenvalue weighted by atomic mass is 10.0. The fourth-order valence-electron chi connectivity index (χ4n) is 2.58. The number of benzene rings is 3. The van der Waals surface area contributed by atoms with Crippen LogP contribution in [0, 0.1) is 0 Å². The van der Waals surface area contributed by atoms with E-state index in [0.29, 0.717) is 13.2 Å². The molecule has 0 spiro atoms. The molecular weight excluding hydrogens is 362 g/mol. The minimum absolute atomic E-state index is 0.414. The standard InChI is InChI=1S/C21H21NO4S/c1-24-26-27-21-11-7-18(8-12-21)19-4-2-3-17(13-19)15-25-20-9-5-16(6-10-20)14-22-23/h2-13,22-23H,14-15H2,1H3. The van der Waals surface area contributed by atoms with Crippen molar-refractivity contribution in [2.45, 2.75) is 18.0 Å². The van der Waals surface area contributed by atoms with Crippen LogP contribution in [0.5, 0.6) is 5.75 Å². The van der Waals surface area contributed by atoms with Crippen LogP contribution in [0.25, 0.3) is 11.1 Å². The van der Waals surface area contributed by atoms with E-state index in [-0.39, 0.29) is 0 Å². The smallest absolute Gasteiger partial charge is 0.119 e. The number of hydroxylamine groups is 1. The Bertz CT molecular complexity index is 838. The average Bonchev–Trinajstić information content (AvgIpc) is 2.72. The van der Waals surface area contributed by atoms with Gasteiger partial charge in [-0.2, -0.15) is 4.33 Å². The fraction of sp³-hybridized carbons (Fsp3) is 0.143. The fourth-order valence-corrected chi connectivity index (χ4v) is 2.97. The Morgan fingerprint density at radius 2 is 1.67 bits per heavy atom. The van der Waals surface area contributed by atoms with Gasteiger partial charge in [0.15, 0.2) is 0 Å². The second-order valence-corrected chi connectivity index (χ2v) is 6.58. The zero-order valence-corrected chi connectivity index (χ0v) is 15.7. The number of hydrogen-bond donors (Lipinski definition) is 2. The molecular formula is C21H21NO4S. The van der Waals surface area contributed by atoms with E-state index in [4.69, 9.17) is 14.3 Å². The van der Waals surface area contributed by atoms with Gasteiger partial charge in [-0.05, 0) is 52.6 Å². The Balaban J connectivity index is 1.63. The average molecular weight is 383 g/mol. The maximum absolute atomic E-state index is 8.72. The van der Waals surface area contributed by atoms with Crippen LogP contribution < -0.4 is 10.2 Å². The van der Waals surface area contributed by atoms with E-state index in [1.807, 2.05) is 48.5 Å². The van der Waals surface area contributed by atoms with Gasteiger partial charge in [-0.15, -0.1) is 0 Å². The second kappa shape index (κ2) is 10.1. The van der Waals surface area contributed by atoms with E-state index in [1.54, 1.807) is 0 Å². The quantitative estimate of drug-likeness (QED) is 0.308. The highest BCUT2D eigenvalue weighted by Gasteiger charge is 2.03. The van der Waals surface area contributed by atoms with Crippen LogP contribution in [0.2, 0.25) is 0 Å². The first-order valence-corrected chi connectivity index (χ1v) is 9.18. The summed E-state index contributed by atoms with van der Waals surface area (Å²) in [5.74, 6) is 0.793. The first-order valence-electron chi connectivity index (χ1n) is 8.44. The molecule has 0 aliphatic rings. The molecule has 3 aromatic rings. The van der Waals surface area contributed by atoms with Crippen molar-refractivity contribution in [3.63, 3.8) is 0 Å². The summed E-state index contributed by atoms with van der Waals surface area (Å²) in [6.45, 7) is 0.901. The Morgan fingerprint density at radius 3 is 2.37 bits per heavy atom. The molecule has 3 rings (SSSR count). The third-order valence-electron chi connectivity index (χ3n) is 3.92. The molecule has 2 N–H and O–H groups in total. The molecule has 5 nitrogen and oxygen atoms in total. The van der Waals surface area contributed by atoms with Crippen molar-refractivity contribution in [3.05, 3.63) is 83.9 Å². The molecule has 0 amide bonds. The molecule has 0 radical (unpaired) electrons. The van der Waals surface area contributed by atoms with Gasteiger partial charge in [0, 0.05) is 11.4 Å². The normalized spacial score (nSPS) is 10.7. The minimum atomic E-state index is 0.414. The minimum Gasteiger partial charge on any atom is -0.489 e. The van der Waals surface area contributed by atoms with Crippen LogP contribution in [-0.2, 0) is 22.4 Å². The molecule has 27 heavy (non-hydrogen) atoms. The Kier molecular flexibility index (Phi) is 7.27. The third-order valence-corrected chi connectivity index (χ3v) is 4.59.